The van der Waals surface area contributed by atoms with E-state index in [4.69, 9.17) is 9.47 Å². The molecule has 25 heavy (non-hydrogen) atoms. The minimum absolute atomic E-state index is 0.158. The number of ether oxygens (including phenoxy) is 2. The van der Waals surface area contributed by atoms with Gasteiger partial charge < -0.3 is 9.47 Å². The van der Waals surface area contributed by atoms with E-state index >= 15 is 0 Å². The van der Waals surface area contributed by atoms with Crippen LogP contribution in [-0.2, 0) is 4.74 Å². The van der Waals surface area contributed by atoms with E-state index in [0.717, 1.165) is 31.6 Å². The topological polar surface area (TPSA) is 21.8 Å². The van der Waals surface area contributed by atoms with Crippen LogP contribution in [-0.4, -0.2) is 18.3 Å². The molecule has 1 fully saturated rings. The first-order chi connectivity index (χ1) is 12.3. The summed E-state index contributed by atoms with van der Waals surface area (Å²) in [6.45, 7) is 13.1. The number of epoxide rings is 1. The van der Waals surface area contributed by atoms with Crippen molar-refractivity contribution in [2.75, 3.05) is 6.61 Å². The van der Waals surface area contributed by atoms with E-state index in [-0.39, 0.29) is 5.60 Å². The molecule has 0 spiro atoms. The lowest BCUT2D eigenvalue weighted by atomic mass is 9.87. The van der Waals surface area contributed by atoms with E-state index in [0.29, 0.717) is 6.10 Å². The summed E-state index contributed by atoms with van der Waals surface area (Å²) >= 11 is 0. The van der Waals surface area contributed by atoms with Gasteiger partial charge in [-0.2, -0.15) is 0 Å². The van der Waals surface area contributed by atoms with Gasteiger partial charge in [0, 0.05) is 12.8 Å². The van der Waals surface area contributed by atoms with Crippen LogP contribution in [0.15, 0.2) is 56.1 Å². The fraction of sp³-hybridized carbons (Fsp3) is 0.565. The first-order valence-electron chi connectivity index (χ1n) is 9.74. The Labute approximate surface area is 154 Å². The minimum atomic E-state index is -0.158. The molecule has 1 saturated heterocycles. The second-order valence-electron chi connectivity index (χ2n) is 6.77. The van der Waals surface area contributed by atoms with Gasteiger partial charge >= 0.3 is 0 Å². The standard InChI is InChI=1S/C21H32O2.C2H4/c1-3-5-6-7-8-12-16-21(15-4-2,17-20-18-22-20)23-19-13-10-9-11-14-19;1-2/h4,9-11,13-14,20H,2-3,5-8,12,15-18H2,1H3;1-2H2. The van der Waals surface area contributed by atoms with E-state index in [1.165, 1.54) is 38.5 Å². The van der Waals surface area contributed by atoms with Crippen LogP contribution >= 0.6 is 0 Å². The maximum atomic E-state index is 6.47. The van der Waals surface area contributed by atoms with Gasteiger partial charge in [-0.05, 0) is 25.0 Å². The third-order valence-electron chi connectivity index (χ3n) is 4.58. The van der Waals surface area contributed by atoms with Gasteiger partial charge in [-0.3, -0.25) is 0 Å². The van der Waals surface area contributed by atoms with Crippen LogP contribution in [0.3, 0.4) is 0 Å². The molecular formula is C23H36O2. The summed E-state index contributed by atoms with van der Waals surface area (Å²) in [7, 11) is 0. The molecule has 0 aliphatic carbocycles. The van der Waals surface area contributed by atoms with Crippen LogP contribution in [0.5, 0.6) is 5.75 Å². The Hall–Kier alpha value is -1.54. The van der Waals surface area contributed by atoms with Crippen molar-refractivity contribution in [2.45, 2.75) is 76.4 Å². The van der Waals surface area contributed by atoms with Crippen molar-refractivity contribution in [1.82, 2.24) is 0 Å². The highest BCUT2D eigenvalue weighted by Gasteiger charge is 2.38. The fourth-order valence-corrected chi connectivity index (χ4v) is 3.25. The molecule has 1 heterocycles. The van der Waals surface area contributed by atoms with E-state index in [1.807, 2.05) is 36.4 Å². The summed E-state index contributed by atoms with van der Waals surface area (Å²) in [5.74, 6) is 0.959. The van der Waals surface area contributed by atoms with Crippen molar-refractivity contribution in [3.8, 4) is 5.75 Å². The molecule has 0 radical (unpaired) electrons. The van der Waals surface area contributed by atoms with Crippen molar-refractivity contribution < 1.29 is 9.47 Å². The molecule has 140 valence electrons. The molecule has 2 unspecified atom stereocenters. The average Bonchev–Trinajstić information content (AvgIpc) is 3.45. The van der Waals surface area contributed by atoms with Gasteiger partial charge in [-0.1, -0.05) is 63.3 Å². The smallest absolute Gasteiger partial charge is 0.120 e. The second-order valence-corrected chi connectivity index (χ2v) is 6.77. The molecule has 0 saturated carbocycles. The second kappa shape index (κ2) is 12.8. The Balaban J connectivity index is 0.00000151. The van der Waals surface area contributed by atoms with Crippen molar-refractivity contribution in [2.24, 2.45) is 0 Å². The molecule has 2 nitrogen and oxygen atoms in total. The van der Waals surface area contributed by atoms with E-state index < -0.39 is 0 Å². The highest BCUT2D eigenvalue weighted by atomic mass is 16.6. The van der Waals surface area contributed by atoms with Crippen LogP contribution in [0.1, 0.15) is 64.7 Å². The van der Waals surface area contributed by atoms with Crippen molar-refractivity contribution in [3.63, 3.8) is 0 Å². The minimum Gasteiger partial charge on any atom is -0.487 e. The predicted molar refractivity (Wildman–Crippen MR) is 108 cm³/mol. The van der Waals surface area contributed by atoms with Gasteiger partial charge in [0.25, 0.3) is 0 Å². The van der Waals surface area contributed by atoms with Gasteiger partial charge in [-0.15, -0.1) is 19.7 Å². The van der Waals surface area contributed by atoms with Gasteiger partial charge in [0.2, 0.25) is 0 Å². The summed E-state index contributed by atoms with van der Waals surface area (Å²) in [5, 5.41) is 0. The zero-order valence-corrected chi connectivity index (χ0v) is 16.1. The van der Waals surface area contributed by atoms with E-state index in [9.17, 15) is 0 Å². The Morgan fingerprint density at radius 3 is 2.36 bits per heavy atom. The molecule has 1 aromatic carbocycles. The highest BCUT2D eigenvalue weighted by molar-refractivity contribution is 5.22. The molecule has 1 aromatic rings. The molecular weight excluding hydrogens is 308 g/mol. The van der Waals surface area contributed by atoms with Crippen LogP contribution in [0, 0.1) is 0 Å². The monoisotopic (exact) mass is 344 g/mol. The third-order valence-corrected chi connectivity index (χ3v) is 4.58. The van der Waals surface area contributed by atoms with Crippen LogP contribution in [0.4, 0.5) is 0 Å². The third kappa shape index (κ3) is 8.92. The van der Waals surface area contributed by atoms with Gasteiger partial charge in [0.1, 0.15) is 11.4 Å². The lowest BCUT2D eigenvalue weighted by Gasteiger charge is -2.34. The fourth-order valence-electron chi connectivity index (χ4n) is 3.25. The molecule has 0 bridgehead atoms. The Morgan fingerprint density at radius 1 is 1.12 bits per heavy atom. The van der Waals surface area contributed by atoms with Crippen LogP contribution in [0.2, 0.25) is 0 Å². The normalized spacial score (nSPS) is 17.7. The molecule has 0 aromatic heterocycles. The summed E-state index contributed by atoms with van der Waals surface area (Å²) in [5.41, 5.74) is -0.158. The first kappa shape index (κ1) is 21.5. The maximum absolute atomic E-state index is 6.47. The number of benzene rings is 1. The summed E-state index contributed by atoms with van der Waals surface area (Å²) in [4.78, 5) is 0. The molecule has 2 heteroatoms. The molecule has 1 aliphatic rings. The van der Waals surface area contributed by atoms with Gasteiger partial charge in [0.15, 0.2) is 0 Å². The molecule has 2 atom stereocenters. The number of hydrogen-bond donors (Lipinski definition) is 0. The molecule has 2 rings (SSSR count). The SMILES string of the molecule is C=C.C=CCC(CCCCCCCC)(CC1CO1)Oc1ccccc1. The lowest BCUT2D eigenvalue weighted by Crippen LogP contribution is -2.37. The molecule has 1 aliphatic heterocycles. The summed E-state index contributed by atoms with van der Waals surface area (Å²) in [6, 6.07) is 10.2. The largest absolute Gasteiger partial charge is 0.487 e. The number of hydrogen-bond acceptors (Lipinski definition) is 2. The van der Waals surface area contributed by atoms with Gasteiger partial charge in [0.05, 0.1) is 12.7 Å². The average molecular weight is 345 g/mol. The zero-order chi connectivity index (χ0) is 18.4. The predicted octanol–water partition coefficient (Wildman–Crippen LogP) is 6.72. The van der Waals surface area contributed by atoms with Crippen molar-refractivity contribution >= 4 is 0 Å². The number of rotatable bonds is 13. The Bertz CT molecular complexity index is 452. The van der Waals surface area contributed by atoms with E-state index in [2.05, 4.69) is 26.7 Å². The Kier molecular flexibility index (Phi) is 11.0. The van der Waals surface area contributed by atoms with Crippen LogP contribution < -0.4 is 4.74 Å². The number of para-hydroxylation sites is 1. The van der Waals surface area contributed by atoms with Crippen LogP contribution in [0.25, 0.3) is 0 Å². The van der Waals surface area contributed by atoms with Gasteiger partial charge in [-0.25, -0.2) is 0 Å². The van der Waals surface area contributed by atoms with E-state index in [1.54, 1.807) is 0 Å². The first-order valence-corrected chi connectivity index (χ1v) is 9.74. The quantitative estimate of drug-likeness (QED) is 0.225. The number of unbranched alkanes of at least 4 members (excludes halogenated alkanes) is 5. The van der Waals surface area contributed by atoms with Crippen molar-refractivity contribution in [3.05, 3.63) is 56.1 Å². The lowest BCUT2D eigenvalue weighted by molar-refractivity contribution is 0.0425. The highest BCUT2D eigenvalue weighted by Crippen LogP contribution is 2.35. The zero-order valence-electron chi connectivity index (χ0n) is 16.1. The Morgan fingerprint density at radius 2 is 1.76 bits per heavy atom. The maximum Gasteiger partial charge on any atom is 0.120 e. The molecule has 0 N–H and O–H groups in total. The summed E-state index contributed by atoms with van der Waals surface area (Å²) in [6.07, 6.45) is 13.2. The van der Waals surface area contributed by atoms with Crippen molar-refractivity contribution in [1.29, 1.82) is 0 Å². The molecule has 0 amide bonds. The summed E-state index contributed by atoms with van der Waals surface area (Å²) < 4.78 is 12.0.